The van der Waals surface area contributed by atoms with E-state index in [1.54, 1.807) is 44.8 Å². The minimum absolute atomic E-state index is 0.414. The third kappa shape index (κ3) is 4.81. The van der Waals surface area contributed by atoms with Crippen LogP contribution in [0.2, 0.25) is 0 Å². The summed E-state index contributed by atoms with van der Waals surface area (Å²) in [6, 6.07) is 10.0. The van der Waals surface area contributed by atoms with Gasteiger partial charge in [0.1, 0.15) is 11.1 Å². The van der Waals surface area contributed by atoms with Crippen LogP contribution in [0.15, 0.2) is 55.1 Å². The van der Waals surface area contributed by atoms with Gasteiger partial charge in [-0.15, -0.1) is 0 Å². The molecule has 7 heteroatoms. The first-order chi connectivity index (χ1) is 15.5. The van der Waals surface area contributed by atoms with Crippen molar-refractivity contribution in [1.82, 2.24) is 19.7 Å². The molecule has 0 fully saturated rings. The van der Waals surface area contributed by atoms with Crippen molar-refractivity contribution < 1.29 is 9.90 Å². The Hall–Kier alpha value is -3.89. The van der Waals surface area contributed by atoms with Gasteiger partial charge in [0.25, 0.3) is 0 Å². The van der Waals surface area contributed by atoms with Crippen LogP contribution in [-0.4, -0.2) is 36.4 Å². The van der Waals surface area contributed by atoms with Gasteiger partial charge in [0.15, 0.2) is 0 Å². The molecule has 0 bridgehead atoms. The first-order valence-electron chi connectivity index (χ1n) is 10.7. The lowest BCUT2D eigenvalue weighted by Gasteiger charge is -2.16. The van der Waals surface area contributed by atoms with Crippen molar-refractivity contribution in [2.75, 3.05) is 0 Å². The van der Waals surface area contributed by atoms with Crippen LogP contribution >= 0.6 is 0 Å². The third-order valence-electron chi connectivity index (χ3n) is 5.41. The SMILES string of the molecule is CC(C)(O)Cn1cc(-c2ccc(-c3cnc4[nH]ccc4c3C#CC(C)(C)C(N)=O)cc2)cn1. The zero-order chi connectivity index (χ0) is 23.8. The number of nitrogens with two attached hydrogens (primary N) is 1. The van der Waals surface area contributed by atoms with E-state index in [1.807, 2.05) is 42.7 Å². The first-order valence-corrected chi connectivity index (χ1v) is 10.7. The van der Waals surface area contributed by atoms with E-state index in [-0.39, 0.29) is 0 Å². The molecule has 33 heavy (non-hydrogen) atoms. The van der Waals surface area contributed by atoms with Gasteiger partial charge in [0.2, 0.25) is 5.91 Å². The second kappa shape index (κ2) is 8.23. The number of benzene rings is 1. The molecule has 0 atom stereocenters. The van der Waals surface area contributed by atoms with E-state index in [0.717, 1.165) is 38.9 Å². The predicted molar refractivity (Wildman–Crippen MR) is 129 cm³/mol. The maximum Gasteiger partial charge on any atom is 0.235 e. The zero-order valence-corrected chi connectivity index (χ0v) is 19.2. The van der Waals surface area contributed by atoms with Crippen molar-refractivity contribution in [3.63, 3.8) is 0 Å². The zero-order valence-electron chi connectivity index (χ0n) is 19.2. The van der Waals surface area contributed by atoms with E-state index >= 15 is 0 Å². The molecule has 0 aliphatic heterocycles. The fraction of sp³-hybridized carbons (Fsp3) is 0.269. The van der Waals surface area contributed by atoms with Crippen LogP contribution in [0.1, 0.15) is 33.3 Å². The van der Waals surface area contributed by atoms with Gasteiger partial charge in [-0.3, -0.25) is 9.48 Å². The molecular formula is C26H27N5O2. The number of hydrogen-bond donors (Lipinski definition) is 3. The highest BCUT2D eigenvalue weighted by Crippen LogP contribution is 2.30. The maximum absolute atomic E-state index is 11.7. The van der Waals surface area contributed by atoms with Crippen molar-refractivity contribution in [1.29, 1.82) is 0 Å². The molecule has 1 aromatic carbocycles. The molecule has 0 saturated heterocycles. The molecule has 7 nitrogen and oxygen atoms in total. The molecular weight excluding hydrogens is 414 g/mol. The summed E-state index contributed by atoms with van der Waals surface area (Å²) in [6.45, 7) is 7.35. The number of H-pyrrole nitrogens is 1. The van der Waals surface area contributed by atoms with Crippen molar-refractivity contribution in [2.45, 2.75) is 39.8 Å². The molecule has 0 unspecified atom stereocenters. The smallest absolute Gasteiger partial charge is 0.235 e. The molecule has 4 aromatic rings. The summed E-state index contributed by atoms with van der Waals surface area (Å²) in [6.07, 6.45) is 7.32. The number of rotatable bonds is 5. The number of nitrogens with zero attached hydrogens (tertiary/aromatic N) is 3. The van der Waals surface area contributed by atoms with E-state index in [2.05, 4.69) is 26.9 Å². The first kappa shape index (κ1) is 22.3. The van der Waals surface area contributed by atoms with Gasteiger partial charge in [-0.25, -0.2) is 4.98 Å². The van der Waals surface area contributed by atoms with Crippen molar-refractivity contribution in [3.05, 3.63) is 60.7 Å². The Morgan fingerprint density at radius 3 is 2.45 bits per heavy atom. The molecule has 0 saturated carbocycles. The largest absolute Gasteiger partial charge is 0.389 e. The Morgan fingerprint density at radius 1 is 1.09 bits per heavy atom. The molecule has 0 radical (unpaired) electrons. The molecule has 4 rings (SSSR count). The number of carbonyl (C=O) groups excluding carboxylic acids is 1. The number of carbonyl (C=O) groups is 1. The molecule has 4 N–H and O–H groups in total. The summed E-state index contributed by atoms with van der Waals surface area (Å²) >= 11 is 0. The number of amides is 1. The fourth-order valence-corrected chi connectivity index (χ4v) is 3.48. The van der Waals surface area contributed by atoms with E-state index in [0.29, 0.717) is 6.54 Å². The standard InChI is InChI=1S/C26H27N5O2/c1-25(2,24(27)32)11-9-20-21-10-12-28-23(21)29-14-22(20)18-7-5-17(6-8-18)19-13-30-31(15-19)16-26(3,4)33/h5-8,10,12-15,33H,16H2,1-4H3,(H2,27,32)(H,28,29). The van der Waals surface area contributed by atoms with Crippen LogP contribution in [-0.2, 0) is 11.3 Å². The maximum atomic E-state index is 11.7. The summed E-state index contributed by atoms with van der Waals surface area (Å²) < 4.78 is 1.74. The number of nitrogens with one attached hydrogen (secondary N) is 1. The van der Waals surface area contributed by atoms with Crippen LogP contribution in [0, 0.1) is 17.3 Å². The number of fused-ring (bicyclic) bond motifs is 1. The van der Waals surface area contributed by atoms with Crippen molar-refractivity contribution in [3.8, 4) is 34.1 Å². The average molecular weight is 442 g/mol. The second-order valence-electron chi connectivity index (χ2n) is 9.34. The van der Waals surface area contributed by atoms with Crippen LogP contribution in [0.25, 0.3) is 33.3 Å². The van der Waals surface area contributed by atoms with Crippen LogP contribution in [0.4, 0.5) is 0 Å². The predicted octanol–water partition coefficient (Wildman–Crippen LogP) is 3.73. The summed E-state index contributed by atoms with van der Waals surface area (Å²) in [4.78, 5) is 19.4. The Kier molecular flexibility index (Phi) is 5.56. The minimum atomic E-state index is -0.948. The summed E-state index contributed by atoms with van der Waals surface area (Å²) in [5, 5.41) is 15.3. The number of aromatic amines is 1. The lowest BCUT2D eigenvalue weighted by molar-refractivity contribution is -0.123. The van der Waals surface area contributed by atoms with E-state index in [9.17, 15) is 9.90 Å². The fourth-order valence-electron chi connectivity index (χ4n) is 3.48. The average Bonchev–Trinajstić information content (AvgIpc) is 3.40. The number of hydrogen-bond acceptors (Lipinski definition) is 4. The number of pyridine rings is 1. The Labute approximate surface area is 192 Å². The second-order valence-corrected chi connectivity index (χ2v) is 9.34. The molecule has 3 aromatic heterocycles. The summed E-state index contributed by atoms with van der Waals surface area (Å²) in [7, 11) is 0. The van der Waals surface area contributed by atoms with Gasteiger partial charge in [0.05, 0.1) is 18.3 Å². The minimum Gasteiger partial charge on any atom is -0.389 e. The highest BCUT2D eigenvalue weighted by Gasteiger charge is 2.22. The topological polar surface area (TPSA) is 110 Å². The van der Waals surface area contributed by atoms with E-state index in [1.165, 1.54) is 0 Å². The quantitative estimate of drug-likeness (QED) is 0.410. The Morgan fingerprint density at radius 2 is 1.79 bits per heavy atom. The van der Waals surface area contributed by atoms with E-state index < -0.39 is 16.9 Å². The number of aromatic nitrogens is 4. The van der Waals surface area contributed by atoms with Gasteiger partial charge in [-0.1, -0.05) is 36.1 Å². The number of primary amides is 1. The normalized spacial score (nSPS) is 11.9. The molecule has 1 amide bonds. The highest BCUT2D eigenvalue weighted by molar-refractivity contribution is 5.91. The van der Waals surface area contributed by atoms with Crippen molar-refractivity contribution in [2.24, 2.45) is 11.1 Å². The van der Waals surface area contributed by atoms with Crippen LogP contribution in [0.5, 0.6) is 0 Å². The Balaban J connectivity index is 1.72. The van der Waals surface area contributed by atoms with Gasteiger partial charge in [-0.05, 0) is 44.9 Å². The summed E-state index contributed by atoms with van der Waals surface area (Å²) in [5.74, 6) is 5.75. The monoisotopic (exact) mass is 441 g/mol. The summed E-state index contributed by atoms with van der Waals surface area (Å²) in [5.41, 5.74) is 9.06. The molecule has 168 valence electrons. The van der Waals surface area contributed by atoms with Crippen LogP contribution in [0.3, 0.4) is 0 Å². The molecule has 0 aliphatic rings. The van der Waals surface area contributed by atoms with Crippen molar-refractivity contribution >= 4 is 16.9 Å². The van der Waals surface area contributed by atoms with Gasteiger partial charge in [-0.2, -0.15) is 5.10 Å². The lowest BCUT2D eigenvalue weighted by atomic mass is 9.92. The van der Waals surface area contributed by atoms with Gasteiger partial charge >= 0.3 is 0 Å². The molecule has 0 aliphatic carbocycles. The van der Waals surface area contributed by atoms with Gasteiger partial charge < -0.3 is 15.8 Å². The number of aliphatic hydroxyl groups is 1. The molecule has 3 heterocycles. The van der Waals surface area contributed by atoms with E-state index in [4.69, 9.17) is 5.73 Å². The molecule has 0 spiro atoms. The highest BCUT2D eigenvalue weighted by atomic mass is 16.3. The Bertz CT molecular complexity index is 1380. The lowest BCUT2D eigenvalue weighted by Crippen LogP contribution is -2.29. The van der Waals surface area contributed by atoms with Gasteiger partial charge in [0, 0.05) is 40.7 Å². The van der Waals surface area contributed by atoms with Crippen LogP contribution < -0.4 is 5.73 Å². The third-order valence-corrected chi connectivity index (χ3v) is 5.41.